The van der Waals surface area contributed by atoms with E-state index in [-0.39, 0.29) is 0 Å². The molecule has 44 heavy (non-hydrogen) atoms. The monoisotopic (exact) mass is 581 g/mol. The lowest BCUT2D eigenvalue weighted by Crippen LogP contribution is -2.10. The van der Waals surface area contributed by atoms with E-state index in [1.807, 2.05) is 35.6 Å². The molecule has 7 aromatic carbocycles. The molecule has 0 spiro atoms. The molecule has 3 nitrogen and oxygen atoms in total. The van der Waals surface area contributed by atoms with Gasteiger partial charge in [0.15, 0.2) is 0 Å². The fourth-order valence-electron chi connectivity index (χ4n) is 6.85. The molecular weight excluding hydrogens is 559 g/mol. The predicted molar refractivity (Wildman–Crippen MR) is 186 cm³/mol. The van der Waals surface area contributed by atoms with E-state index in [0.717, 1.165) is 60.9 Å². The molecular formula is C40H23NO2S. The van der Waals surface area contributed by atoms with Crippen LogP contribution in [-0.4, -0.2) is 0 Å². The van der Waals surface area contributed by atoms with Gasteiger partial charge in [-0.1, -0.05) is 78.9 Å². The Morgan fingerprint density at radius 3 is 1.57 bits per heavy atom. The predicted octanol–water partition coefficient (Wildman–Crippen LogP) is 12.5. The van der Waals surface area contributed by atoms with Crippen LogP contribution in [0.1, 0.15) is 0 Å². The van der Waals surface area contributed by atoms with Crippen molar-refractivity contribution in [3.63, 3.8) is 0 Å². The summed E-state index contributed by atoms with van der Waals surface area (Å²) in [4.78, 5) is 2.33. The molecule has 10 rings (SSSR count). The van der Waals surface area contributed by atoms with Crippen LogP contribution >= 0.6 is 11.3 Å². The number of hydrogen-bond donors (Lipinski definition) is 0. The van der Waals surface area contributed by atoms with Gasteiger partial charge in [0.2, 0.25) is 0 Å². The molecule has 0 aliphatic heterocycles. The molecule has 0 N–H and O–H groups in total. The summed E-state index contributed by atoms with van der Waals surface area (Å²) in [5.41, 5.74) is 6.68. The zero-order valence-electron chi connectivity index (χ0n) is 23.5. The largest absolute Gasteiger partial charge is 0.456 e. The number of fused-ring (bicyclic) bond motifs is 11. The summed E-state index contributed by atoms with van der Waals surface area (Å²) in [6, 6.07) is 49.4. The highest BCUT2D eigenvalue weighted by Crippen LogP contribution is 2.46. The molecule has 0 aliphatic rings. The van der Waals surface area contributed by atoms with Gasteiger partial charge in [0.1, 0.15) is 22.3 Å². The molecule has 0 fully saturated rings. The van der Waals surface area contributed by atoms with E-state index in [2.05, 4.69) is 120 Å². The average molecular weight is 582 g/mol. The fraction of sp³-hybridized carbons (Fsp3) is 0. The zero-order chi connectivity index (χ0) is 28.8. The quantitative estimate of drug-likeness (QED) is 0.208. The Kier molecular flexibility index (Phi) is 4.87. The molecule has 0 radical (unpaired) electrons. The van der Waals surface area contributed by atoms with Crippen molar-refractivity contribution in [1.82, 2.24) is 0 Å². The van der Waals surface area contributed by atoms with E-state index in [0.29, 0.717) is 0 Å². The summed E-state index contributed by atoms with van der Waals surface area (Å²) in [6.45, 7) is 0. The van der Waals surface area contributed by atoms with Crippen LogP contribution in [0.25, 0.3) is 74.8 Å². The molecule has 0 aliphatic carbocycles. The molecule has 0 unspecified atom stereocenters. The third kappa shape index (κ3) is 3.37. The number of para-hydroxylation sites is 2. The van der Waals surface area contributed by atoms with Gasteiger partial charge in [0.25, 0.3) is 0 Å². The molecule has 0 bridgehead atoms. The maximum absolute atomic E-state index is 6.36. The van der Waals surface area contributed by atoms with Crippen LogP contribution in [-0.2, 0) is 0 Å². The second-order valence-corrected chi connectivity index (χ2v) is 12.4. The summed E-state index contributed by atoms with van der Waals surface area (Å²) in [5, 5.41) is 9.53. The summed E-state index contributed by atoms with van der Waals surface area (Å²) in [5.74, 6) is 0. The van der Waals surface area contributed by atoms with Crippen molar-refractivity contribution < 1.29 is 8.83 Å². The van der Waals surface area contributed by atoms with E-state index >= 15 is 0 Å². The zero-order valence-corrected chi connectivity index (χ0v) is 24.3. The minimum atomic E-state index is 0.866. The van der Waals surface area contributed by atoms with Crippen molar-refractivity contribution in [2.45, 2.75) is 0 Å². The molecule has 4 heteroatoms. The lowest BCUT2D eigenvalue weighted by atomic mass is 10.0. The van der Waals surface area contributed by atoms with Gasteiger partial charge in [-0.15, -0.1) is 11.3 Å². The molecule has 0 atom stereocenters. The first-order valence-electron chi connectivity index (χ1n) is 14.8. The van der Waals surface area contributed by atoms with Gasteiger partial charge in [-0.2, -0.15) is 0 Å². The van der Waals surface area contributed by atoms with Gasteiger partial charge >= 0.3 is 0 Å². The number of nitrogens with zero attached hydrogens (tertiary/aromatic N) is 1. The molecule has 0 saturated heterocycles. The Balaban J connectivity index is 1.26. The maximum atomic E-state index is 6.36. The first-order valence-corrected chi connectivity index (χ1v) is 15.6. The van der Waals surface area contributed by atoms with Gasteiger partial charge in [-0.3, -0.25) is 0 Å². The normalized spacial score (nSPS) is 12.1. The van der Waals surface area contributed by atoms with Crippen molar-refractivity contribution in [2.75, 3.05) is 4.90 Å². The standard InChI is InChI=1S/C40H23NO2S/c1-4-13-35-27(8-1)29-18-16-24(22-37(29)42-35)41(25-17-19-30-28-9-2-5-14-36(28)43-38(30)23-25)34-12-7-11-32-26(34)20-21-33-31-10-3-6-15-39(31)44-40(32)33/h1-23H. The van der Waals surface area contributed by atoms with Crippen LogP contribution in [0.5, 0.6) is 0 Å². The van der Waals surface area contributed by atoms with Crippen molar-refractivity contribution in [2.24, 2.45) is 0 Å². The lowest BCUT2D eigenvalue weighted by molar-refractivity contribution is 0.669. The molecule has 0 amide bonds. The number of anilines is 3. The highest BCUT2D eigenvalue weighted by Gasteiger charge is 2.20. The van der Waals surface area contributed by atoms with E-state index < -0.39 is 0 Å². The van der Waals surface area contributed by atoms with Crippen molar-refractivity contribution in [3.05, 3.63) is 140 Å². The van der Waals surface area contributed by atoms with Gasteiger partial charge in [-0.05, 0) is 48.5 Å². The van der Waals surface area contributed by atoms with Crippen LogP contribution in [0.15, 0.2) is 148 Å². The fourth-order valence-corrected chi connectivity index (χ4v) is 8.08. The third-order valence-corrected chi connectivity index (χ3v) is 10.1. The third-order valence-electron chi connectivity index (χ3n) is 8.86. The Morgan fingerprint density at radius 1 is 0.386 bits per heavy atom. The van der Waals surface area contributed by atoms with Gasteiger partial charge in [0.05, 0.1) is 5.69 Å². The SMILES string of the molecule is c1ccc2c(c1)oc1cc(N(c3ccc4c(c3)oc3ccccc34)c3cccc4c3ccc3c5ccccc5sc43)ccc12. The van der Waals surface area contributed by atoms with E-state index in [4.69, 9.17) is 8.83 Å². The molecule has 0 saturated carbocycles. The first-order chi connectivity index (χ1) is 21.8. The van der Waals surface area contributed by atoms with Crippen LogP contribution < -0.4 is 4.90 Å². The van der Waals surface area contributed by atoms with Crippen LogP contribution in [0.3, 0.4) is 0 Å². The highest BCUT2D eigenvalue weighted by atomic mass is 32.1. The van der Waals surface area contributed by atoms with E-state index in [9.17, 15) is 0 Å². The summed E-state index contributed by atoms with van der Waals surface area (Å²) in [6.07, 6.45) is 0. The second-order valence-electron chi connectivity index (χ2n) is 11.3. The van der Waals surface area contributed by atoms with Gasteiger partial charge < -0.3 is 13.7 Å². The highest BCUT2D eigenvalue weighted by molar-refractivity contribution is 7.26. The van der Waals surface area contributed by atoms with Crippen molar-refractivity contribution in [1.29, 1.82) is 0 Å². The number of hydrogen-bond acceptors (Lipinski definition) is 4. The Labute approximate surface area is 255 Å². The lowest BCUT2D eigenvalue weighted by Gasteiger charge is -2.27. The number of rotatable bonds is 3. The Morgan fingerprint density at radius 2 is 0.886 bits per heavy atom. The molecule has 3 aromatic heterocycles. The topological polar surface area (TPSA) is 29.5 Å². The van der Waals surface area contributed by atoms with Crippen LogP contribution in [0, 0.1) is 0 Å². The number of furan rings is 2. The van der Waals surface area contributed by atoms with Crippen molar-refractivity contribution >= 4 is 103 Å². The van der Waals surface area contributed by atoms with Crippen LogP contribution in [0.4, 0.5) is 17.1 Å². The molecule has 206 valence electrons. The van der Waals surface area contributed by atoms with E-state index in [1.54, 1.807) is 0 Å². The maximum Gasteiger partial charge on any atom is 0.137 e. The first kappa shape index (κ1) is 23.9. The van der Waals surface area contributed by atoms with E-state index in [1.165, 1.54) is 30.9 Å². The van der Waals surface area contributed by atoms with Gasteiger partial charge in [-0.25, -0.2) is 0 Å². The number of benzene rings is 7. The molecule has 10 aromatic rings. The van der Waals surface area contributed by atoms with Gasteiger partial charge in [0, 0.05) is 76.0 Å². The Hall–Kier alpha value is -5.58. The minimum Gasteiger partial charge on any atom is -0.456 e. The smallest absolute Gasteiger partial charge is 0.137 e. The van der Waals surface area contributed by atoms with Crippen molar-refractivity contribution in [3.8, 4) is 0 Å². The summed E-state index contributed by atoms with van der Waals surface area (Å²) < 4.78 is 15.3. The minimum absolute atomic E-state index is 0.866. The second kappa shape index (κ2) is 8.96. The molecule has 3 heterocycles. The Bertz CT molecular complexity index is 2630. The number of thiophene rings is 1. The van der Waals surface area contributed by atoms with Crippen LogP contribution in [0.2, 0.25) is 0 Å². The average Bonchev–Trinajstić information content (AvgIpc) is 3.75. The summed E-state index contributed by atoms with van der Waals surface area (Å²) in [7, 11) is 0. The summed E-state index contributed by atoms with van der Waals surface area (Å²) >= 11 is 1.86.